The Bertz CT molecular complexity index is 241. The molecule has 0 saturated carbocycles. The molecule has 3 unspecified atom stereocenters. The van der Waals surface area contributed by atoms with E-state index in [1.807, 2.05) is 0 Å². The summed E-state index contributed by atoms with van der Waals surface area (Å²) in [7, 11) is 0. The van der Waals surface area contributed by atoms with Crippen molar-refractivity contribution in [2.75, 3.05) is 26.2 Å². The Morgan fingerprint density at radius 1 is 1.32 bits per heavy atom. The van der Waals surface area contributed by atoms with E-state index >= 15 is 0 Å². The largest absolute Gasteiger partial charge is 0.394 e. The Balaban J connectivity index is 2.39. The molecule has 0 amide bonds. The summed E-state index contributed by atoms with van der Waals surface area (Å²) in [5.74, 6) is 0.830. The maximum Gasteiger partial charge on any atom is 0.0613 e. The fourth-order valence-electron chi connectivity index (χ4n) is 3.37. The first-order valence-corrected chi connectivity index (χ1v) is 8.18. The summed E-state index contributed by atoms with van der Waals surface area (Å²) < 4.78 is 0. The van der Waals surface area contributed by atoms with E-state index in [-0.39, 0.29) is 12.1 Å². The molecule has 1 heterocycles. The van der Waals surface area contributed by atoms with E-state index < -0.39 is 0 Å². The smallest absolute Gasteiger partial charge is 0.0613 e. The van der Waals surface area contributed by atoms with Gasteiger partial charge in [-0.3, -0.25) is 0 Å². The molecule has 0 radical (unpaired) electrons. The van der Waals surface area contributed by atoms with Crippen LogP contribution in [-0.2, 0) is 0 Å². The maximum absolute atomic E-state index is 9.66. The second-order valence-corrected chi connectivity index (χ2v) is 6.32. The third kappa shape index (κ3) is 4.73. The van der Waals surface area contributed by atoms with Crippen LogP contribution < -0.4 is 5.32 Å². The standard InChI is InChI=1S/C16H34N2O/c1-5-16(13-19,17-6-2)10-8-12-18-11-7-9-14(3)15(18)4/h14-15,17,19H,5-13H2,1-4H3. The number of likely N-dealkylation sites (N-methyl/N-ethyl adjacent to an activating group) is 1. The average Bonchev–Trinajstić information content (AvgIpc) is 2.42. The van der Waals surface area contributed by atoms with Gasteiger partial charge in [0.2, 0.25) is 0 Å². The molecule has 0 aromatic heterocycles. The number of rotatable bonds is 8. The maximum atomic E-state index is 9.66. The normalized spacial score (nSPS) is 28.3. The molecule has 0 aromatic rings. The minimum atomic E-state index is -0.0562. The van der Waals surface area contributed by atoms with E-state index in [0.717, 1.165) is 31.3 Å². The molecular weight excluding hydrogens is 236 g/mol. The minimum Gasteiger partial charge on any atom is -0.394 e. The first kappa shape index (κ1) is 16.9. The van der Waals surface area contributed by atoms with Gasteiger partial charge in [-0.15, -0.1) is 0 Å². The molecule has 0 aliphatic carbocycles. The molecular formula is C16H34N2O. The average molecular weight is 270 g/mol. The SMILES string of the molecule is CCNC(CC)(CO)CCCN1CCCC(C)C1C. The first-order valence-electron chi connectivity index (χ1n) is 8.18. The zero-order chi connectivity index (χ0) is 14.3. The Morgan fingerprint density at radius 3 is 2.63 bits per heavy atom. The highest BCUT2D eigenvalue weighted by molar-refractivity contribution is 4.86. The summed E-state index contributed by atoms with van der Waals surface area (Å²) in [5, 5.41) is 13.1. The van der Waals surface area contributed by atoms with Crippen molar-refractivity contribution in [2.24, 2.45) is 5.92 Å². The molecule has 0 spiro atoms. The lowest BCUT2D eigenvalue weighted by molar-refractivity contribution is 0.0987. The zero-order valence-electron chi connectivity index (χ0n) is 13.4. The number of piperidine rings is 1. The number of aliphatic hydroxyl groups excluding tert-OH is 1. The van der Waals surface area contributed by atoms with Crippen molar-refractivity contribution in [3.63, 3.8) is 0 Å². The molecule has 1 aliphatic rings. The van der Waals surface area contributed by atoms with Gasteiger partial charge in [0.25, 0.3) is 0 Å². The van der Waals surface area contributed by atoms with E-state index in [4.69, 9.17) is 0 Å². The van der Waals surface area contributed by atoms with Crippen LogP contribution in [0.3, 0.4) is 0 Å². The van der Waals surface area contributed by atoms with Gasteiger partial charge in [0.1, 0.15) is 0 Å². The van der Waals surface area contributed by atoms with Gasteiger partial charge in [0.15, 0.2) is 0 Å². The number of hydrogen-bond donors (Lipinski definition) is 2. The lowest BCUT2D eigenvalue weighted by Crippen LogP contribution is -2.49. The van der Waals surface area contributed by atoms with E-state index in [1.165, 1.54) is 32.4 Å². The molecule has 3 nitrogen and oxygen atoms in total. The van der Waals surface area contributed by atoms with Crippen LogP contribution in [0, 0.1) is 5.92 Å². The second-order valence-electron chi connectivity index (χ2n) is 6.32. The number of hydrogen-bond acceptors (Lipinski definition) is 3. The molecule has 1 saturated heterocycles. The van der Waals surface area contributed by atoms with Crippen molar-refractivity contribution < 1.29 is 5.11 Å². The third-order valence-electron chi connectivity index (χ3n) is 5.14. The second kappa shape index (κ2) is 8.23. The van der Waals surface area contributed by atoms with Crippen molar-refractivity contribution in [1.29, 1.82) is 0 Å². The van der Waals surface area contributed by atoms with E-state index in [9.17, 15) is 5.11 Å². The summed E-state index contributed by atoms with van der Waals surface area (Å²) in [6.45, 7) is 12.7. The summed E-state index contributed by atoms with van der Waals surface area (Å²) in [4.78, 5) is 2.64. The van der Waals surface area contributed by atoms with Crippen LogP contribution in [0.5, 0.6) is 0 Å². The zero-order valence-corrected chi connectivity index (χ0v) is 13.4. The van der Waals surface area contributed by atoms with Gasteiger partial charge < -0.3 is 15.3 Å². The Kier molecular flexibility index (Phi) is 7.33. The molecule has 19 heavy (non-hydrogen) atoms. The van der Waals surface area contributed by atoms with Crippen LogP contribution in [0.15, 0.2) is 0 Å². The highest BCUT2D eigenvalue weighted by Crippen LogP contribution is 2.24. The Morgan fingerprint density at radius 2 is 2.05 bits per heavy atom. The Hall–Kier alpha value is -0.120. The molecule has 1 aliphatic heterocycles. The van der Waals surface area contributed by atoms with Gasteiger partial charge >= 0.3 is 0 Å². The van der Waals surface area contributed by atoms with Crippen molar-refractivity contribution >= 4 is 0 Å². The number of aliphatic hydroxyl groups is 1. The van der Waals surface area contributed by atoms with Gasteiger partial charge in [-0.2, -0.15) is 0 Å². The van der Waals surface area contributed by atoms with Gasteiger partial charge in [-0.1, -0.05) is 20.8 Å². The number of nitrogens with zero attached hydrogens (tertiary/aromatic N) is 1. The molecule has 0 bridgehead atoms. The topological polar surface area (TPSA) is 35.5 Å². The van der Waals surface area contributed by atoms with Gasteiger partial charge in [-0.05, 0) is 64.6 Å². The van der Waals surface area contributed by atoms with Crippen molar-refractivity contribution in [2.45, 2.75) is 71.4 Å². The molecule has 3 atom stereocenters. The highest BCUT2D eigenvalue weighted by atomic mass is 16.3. The molecule has 3 heteroatoms. The van der Waals surface area contributed by atoms with Crippen molar-refractivity contribution in [1.82, 2.24) is 10.2 Å². The van der Waals surface area contributed by atoms with Crippen molar-refractivity contribution in [3.05, 3.63) is 0 Å². The number of nitrogens with one attached hydrogen (secondary N) is 1. The predicted molar refractivity (Wildman–Crippen MR) is 82.5 cm³/mol. The summed E-state index contributed by atoms with van der Waals surface area (Å²) in [6, 6.07) is 0.720. The van der Waals surface area contributed by atoms with E-state index in [0.29, 0.717) is 0 Å². The van der Waals surface area contributed by atoms with E-state index in [1.54, 1.807) is 0 Å². The van der Waals surface area contributed by atoms with Crippen molar-refractivity contribution in [3.8, 4) is 0 Å². The van der Waals surface area contributed by atoms with Crippen LogP contribution in [0.4, 0.5) is 0 Å². The fourth-order valence-corrected chi connectivity index (χ4v) is 3.37. The van der Waals surface area contributed by atoms with Crippen LogP contribution in [0.25, 0.3) is 0 Å². The van der Waals surface area contributed by atoms with Crippen LogP contribution >= 0.6 is 0 Å². The molecule has 114 valence electrons. The van der Waals surface area contributed by atoms with E-state index in [2.05, 4.69) is 37.9 Å². The predicted octanol–water partition coefficient (Wildman–Crippen LogP) is 2.64. The quantitative estimate of drug-likeness (QED) is 0.712. The summed E-state index contributed by atoms with van der Waals surface area (Å²) in [6.07, 6.45) is 5.98. The van der Waals surface area contributed by atoms with Crippen LogP contribution in [0.2, 0.25) is 0 Å². The fraction of sp³-hybridized carbons (Fsp3) is 1.00. The lowest BCUT2D eigenvalue weighted by atomic mass is 9.89. The van der Waals surface area contributed by atoms with Gasteiger partial charge in [-0.25, -0.2) is 0 Å². The molecule has 1 fully saturated rings. The number of likely N-dealkylation sites (tertiary alicyclic amines) is 1. The van der Waals surface area contributed by atoms with Gasteiger partial charge in [0, 0.05) is 11.6 Å². The van der Waals surface area contributed by atoms with Crippen LogP contribution in [-0.4, -0.2) is 47.8 Å². The highest BCUT2D eigenvalue weighted by Gasteiger charge is 2.28. The lowest BCUT2D eigenvalue weighted by Gasteiger charge is -2.39. The summed E-state index contributed by atoms with van der Waals surface area (Å²) >= 11 is 0. The molecule has 1 rings (SSSR count). The molecule has 0 aromatic carbocycles. The monoisotopic (exact) mass is 270 g/mol. The summed E-state index contributed by atoms with van der Waals surface area (Å²) in [5.41, 5.74) is -0.0562. The molecule has 2 N–H and O–H groups in total. The first-order chi connectivity index (χ1) is 9.08. The minimum absolute atomic E-state index is 0.0562. The third-order valence-corrected chi connectivity index (χ3v) is 5.14. The Labute approximate surface area is 119 Å². The van der Waals surface area contributed by atoms with Crippen LogP contribution in [0.1, 0.15) is 59.8 Å². The van der Waals surface area contributed by atoms with Gasteiger partial charge in [0.05, 0.1) is 6.61 Å².